The number of ether oxygens (including phenoxy) is 1. The fraction of sp³-hybridized carbons (Fsp3) is 0.429. The zero-order valence-corrected chi connectivity index (χ0v) is 11.4. The standard InChI is InChI=1S/C14H15F2NO4/c1-8(21-9-4-5-10(15)11(16)7-9)13(18)17-6-2-3-12(17)14(19)20/h4-5,7-8,12H,2-3,6H2,1H3,(H,19,20)/t8?,12-/m0/s1. The van der Waals surface area contributed by atoms with Gasteiger partial charge in [0.2, 0.25) is 0 Å². The van der Waals surface area contributed by atoms with Crippen LogP contribution in [0.2, 0.25) is 0 Å². The van der Waals surface area contributed by atoms with E-state index in [1.807, 2.05) is 0 Å². The third kappa shape index (κ3) is 3.29. The van der Waals surface area contributed by atoms with Gasteiger partial charge in [-0.05, 0) is 31.9 Å². The van der Waals surface area contributed by atoms with Crippen molar-refractivity contribution in [2.45, 2.75) is 31.9 Å². The molecule has 0 aromatic heterocycles. The van der Waals surface area contributed by atoms with Crippen molar-refractivity contribution < 1.29 is 28.2 Å². The minimum atomic E-state index is -1.07. The number of carbonyl (C=O) groups is 2. The molecule has 1 aromatic carbocycles. The number of benzene rings is 1. The summed E-state index contributed by atoms with van der Waals surface area (Å²) in [5.74, 6) is -3.60. The fourth-order valence-corrected chi connectivity index (χ4v) is 2.33. The predicted molar refractivity (Wildman–Crippen MR) is 68.8 cm³/mol. The first-order valence-electron chi connectivity index (χ1n) is 6.55. The summed E-state index contributed by atoms with van der Waals surface area (Å²) in [5.41, 5.74) is 0. The largest absolute Gasteiger partial charge is 0.481 e. The molecule has 114 valence electrons. The van der Waals surface area contributed by atoms with Gasteiger partial charge in [-0.2, -0.15) is 0 Å². The lowest BCUT2D eigenvalue weighted by atomic mass is 10.2. The maximum atomic E-state index is 13.1. The Morgan fingerprint density at radius 3 is 2.71 bits per heavy atom. The lowest BCUT2D eigenvalue weighted by Gasteiger charge is -2.25. The van der Waals surface area contributed by atoms with Crippen LogP contribution in [0, 0.1) is 11.6 Å². The molecule has 0 radical (unpaired) electrons. The normalized spacial score (nSPS) is 19.4. The lowest BCUT2D eigenvalue weighted by molar-refractivity contribution is -0.150. The number of hydrogen-bond donors (Lipinski definition) is 1. The average molecular weight is 299 g/mol. The number of carbonyl (C=O) groups excluding carboxylic acids is 1. The maximum Gasteiger partial charge on any atom is 0.326 e. The molecule has 2 rings (SSSR count). The van der Waals surface area contributed by atoms with Gasteiger partial charge in [-0.25, -0.2) is 13.6 Å². The average Bonchev–Trinajstić information content (AvgIpc) is 2.91. The summed E-state index contributed by atoms with van der Waals surface area (Å²) in [4.78, 5) is 24.5. The van der Waals surface area contributed by atoms with Crippen molar-refractivity contribution in [1.29, 1.82) is 0 Å². The van der Waals surface area contributed by atoms with Crippen LogP contribution in [0.3, 0.4) is 0 Å². The molecule has 0 spiro atoms. The van der Waals surface area contributed by atoms with E-state index in [1.54, 1.807) is 0 Å². The zero-order valence-electron chi connectivity index (χ0n) is 11.4. The number of aliphatic carboxylic acids is 1. The molecule has 2 atom stereocenters. The van der Waals surface area contributed by atoms with Crippen molar-refractivity contribution in [2.75, 3.05) is 6.54 Å². The molecule has 0 bridgehead atoms. The number of carboxylic acid groups (broad SMARTS) is 1. The van der Waals surface area contributed by atoms with Gasteiger partial charge >= 0.3 is 5.97 Å². The van der Waals surface area contributed by atoms with E-state index in [1.165, 1.54) is 17.9 Å². The third-order valence-corrected chi connectivity index (χ3v) is 3.37. The van der Waals surface area contributed by atoms with Crippen LogP contribution in [0.4, 0.5) is 8.78 Å². The van der Waals surface area contributed by atoms with Crippen molar-refractivity contribution in [3.63, 3.8) is 0 Å². The van der Waals surface area contributed by atoms with Gasteiger partial charge in [-0.3, -0.25) is 4.79 Å². The first-order chi connectivity index (χ1) is 9.90. The Balaban J connectivity index is 2.05. The number of amides is 1. The number of carboxylic acids is 1. The number of likely N-dealkylation sites (tertiary alicyclic amines) is 1. The van der Waals surface area contributed by atoms with E-state index in [0.29, 0.717) is 19.4 Å². The predicted octanol–water partition coefficient (Wildman–Crippen LogP) is 1.81. The highest BCUT2D eigenvalue weighted by Gasteiger charge is 2.36. The SMILES string of the molecule is CC(Oc1ccc(F)c(F)c1)C(=O)N1CCC[C@H]1C(=O)O. The summed E-state index contributed by atoms with van der Waals surface area (Å²) in [6.45, 7) is 1.79. The van der Waals surface area contributed by atoms with Gasteiger partial charge in [-0.15, -0.1) is 0 Å². The van der Waals surface area contributed by atoms with Crippen LogP contribution in [-0.2, 0) is 9.59 Å². The molecule has 0 aliphatic carbocycles. The molecular weight excluding hydrogens is 284 g/mol. The topological polar surface area (TPSA) is 66.8 Å². The van der Waals surface area contributed by atoms with E-state index in [4.69, 9.17) is 9.84 Å². The van der Waals surface area contributed by atoms with E-state index in [2.05, 4.69) is 0 Å². The van der Waals surface area contributed by atoms with Gasteiger partial charge < -0.3 is 14.7 Å². The summed E-state index contributed by atoms with van der Waals surface area (Å²) in [7, 11) is 0. The number of halogens is 2. The maximum absolute atomic E-state index is 13.1. The molecule has 1 saturated heterocycles. The number of nitrogens with zero attached hydrogens (tertiary/aromatic N) is 1. The monoisotopic (exact) mass is 299 g/mol. The summed E-state index contributed by atoms with van der Waals surface area (Å²) >= 11 is 0. The summed E-state index contributed by atoms with van der Waals surface area (Å²) in [6.07, 6.45) is 0.0364. The van der Waals surface area contributed by atoms with Gasteiger partial charge in [0.05, 0.1) is 0 Å². The van der Waals surface area contributed by atoms with Gasteiger partial charge in [0.1, 0.15) is 11.8 Å². The molecular formula is C14H15F2NO4. The Hall–Kier alpha value is -2.18. The highest BCUT2D eigenvalue weighted by atomic mass is 19.2. The van der Waals surface area contributed by atoms with Crippen LogP contribution in [0.1, 0.15) is 19.8 Å². The molecule has 1 amide bonds. The van der Waals surface area contributed by atoms with Crippen molar-refractivity contribution in [3.8, 4) is 5.75 Å². The summed E-state index contributed by atoms with van der Waals surface area (Å²) in [5, 5.41) is 9.05. The Kier molecular flexibility index (Phi) is 4.40. The van der Waals surface area contributed by atoms with Gasteiger partial charge in [0.15, 0.2) is 17.7 Å². The minimum absolute atomic E-state index is 0.0146. The van der Waals surface area contributed by atoms with Crippen LogP contribution in [0.15, 0.2) is 18.2 Å². The van der Waals surface area contributed by atoms with Crippen molar-refractivity contribution in [3.05, 3.63) is 29.8 Å². The molecule has 1 fully saturated rings. The Morgan fingerprint density at radius 2 is 2.10 bits per heavy atom. The van der Waals surface area contributed by atoms with Crippen LogP contribution in [0.25, 0.3) is 0 Å². The van der Waals surface area contributed by atoms with Crippen molar-refractivity contribution in [1.82, 2.24) is 4.90 Å². The molecule has 1 aliphatic rings. The van der Waals surface area contributed by atoms with Crippen molar-refractivity contribution in [2.24, 2.45) is 0 Å². The zero-order chi connectivity index (χ0) is 15.6. The van der Waals surface area contributed by atoms with E-state index < -0.39 is 35.7 Å². The van der Waals surface area contributed by atoms with Crippen molar-refractivity contribution >= 4 is 11.9 Å². The second-order valence-corrected chi connectivity index (χ2v) is 4.86. The van der Waals surface area contributed by atoms with E-state index in [-0.39, 0.29) is 5.75 Å². The van der Waals surface area contributed by atoms with E-state index in [9.17, 15) is 18.4 Å². The van der Waals surface area contributed by atoms with Crippen LogP contribution >= 0.6 is 0 Å². The number of rotatable bonds is 4. The lowest BCUT2D eigenvalue weighted by Crippen LogP contribution is -2.46. The highest BCUT2D eigenvalue weighted by molar-refractivity contribution is 5.87. The minimum Gasteiger partial charge on any atom is -0.481 e. The molecule has 5 nitrogen and oxygen atoms in total. The summed E-state index contributed by atoms with van der Waals surface area (Å²) < 4.78 is 31.1. The molecule has 0 saturated carbocycles. The first kappa shape index (κ1) is 15.2. The second kappa shape index (κ2) is 6.07. The molecule has 1 aliphatic heterocycles. The van der Waals surface area contributed by atoms with E-state index in [0.717, 1.165) is 12.1 Å². The molecule has 7 heteroatoms. The van der Waals surface area contributed by atoms with Crippen LogP contribution in [-0.4, -0.2) is 40.6 Å². The number of hydrogen-bond acceptors (Lipinski definition) is 3. The van der Waals surface area contributed by atoms with E-state index >= 15 is 0 Å². The first-order valence-corrected chi connectivity index (χ1v) is 6.55. The Labute approximate surface area is 120 Å². The second-order valence-electron chi connectivity index (χ2n) is 4.86. The molecule has 21 heavy (non-hydrogen) atoms. The third-order valence-electron chi connectivity index (χ3n) is 3.37. The Bertz CT molecular complexity index is 564. The van der Waals surface area contributed by atoms with Gasteiger partial charge in [-0.1, -0.05) is 0 Å². The van der Waals surface area contributed by atoms with Crippen LogP contribution in [0.5, 0.6) is 5.75 Å². The molecule has 1 aromatic rings. The molecule has 1 unspecified atom stereocenters. The fourth-order valence-electron chi connectivity index (χ4n) is 2.33. The Morgan fingerprint density at radius 1 is 1.38 bits per heavy atom. The highest BCUT2D eigenvalue weighted by Crippen LogP contribution is 2.21. The molecule has 1 N–H and O–H groups in total. The summed E-state index contributed by atoms with van der Waals surface area (Å²) in [6, 6.07) is 2.10. The quantitative estimate of drug-likeness (QED) is 0.920. The van der Waals surface area contributed by atoms with Gasteiger partial charge in [0.25, 0.3) is 5.91 Å². The van der Waals surface area contributed by atoms with Gasteiger partial charge in [0, 0.05) is 12.6 Å². The smallest absolute Gasteiger partial charge is 0.326 e. The van der Waals surface area contributed by atoms with Crippen LogP contribution < -0.4 is 4.74 Å². The molecule has 1 heterocycles.